The minimum atomic E-state index is -0.493. The van der Waals surface area contributed by atoms with E-state index in [9.17, 15) is 9.59 Å². The Bertz CT molecular complexity index is 721. The minimum absolute atomic E-state index is 0.0668. The summed E-state index contributed by atoms with van der Waals surface area (Å²) in [5.74, 6) is -0.803. The van der Waals surface area contributed by atoms with Crippen LogP contribution in [0.25, 0.3) is 0 Å². The summed E-state index contributed by atoms with van der Waals surface area (Å²) in [5, 5.41) is 9.07. The molecule has 0 heterocycles. The first-order valence-corrected chi connectivity index (χ1v) is 7.66. The average molecular weight is 325 g/mol. The summed E-state index contributed by atoms with van der Waals surface area (Å²) in [6, 6.07) is 15.5. The lowest BCUT2D eigenvalue weighted by atomic mass is 10.0. The van der Waals surface area contributed by atoms with Crippen molar-refractivity contribution in [3.05, 3.63) is 65.7 Å². The predicted octanol–water partition coefficient (Wildman–Crippen LogP) is 3.09. The number of hydrogen-bond acceptors (Lipinski definition) is 5. The SMILES string of the molecule is CCOC(=O)CC(=Nc1ccc(CO)cc1)C(=O)c1ccccc1. The normalized spacial score (nSPS) is 11.2. The molecule has 2 aromatic rings. The number of ether oxygens (including phenoxy) is 1. The standard InChI is InChI=1S/C19H19NO4/c1-2-24-18(22)12-17(19(23)15-6-4-3-5-7-15)20-16-10-8-14(13-21)9-11-16/h3-11,21H,2,12-13H2,1H3. The van der Waals surface area contributed by atoms with Crippen LogP contribution >= 0.6 is 0 Å². The Morgan fingerprint density at radius 2 is 1.71 bits per heavy atom. The number of benzene rings is 2. The van der Waals surface area contributed by atoms with Crippen molar-refractivity contribution < 1.29 is 19.4 Å². The van der Waals surface area contributed by atoms with Crippen LogP contribution in [0.4, 0.5) is 5.69 Å². The summed E-state index contributed by atoms with van der Waals surface area (Å²) >= 11 is 0. The van der Waals surface area contributed by atoms with E-state index in [0.29, 0.717) is 11.3 Å². The summed E-state index contributed by atoms with van der Waals surface area (Å²) in [5.41, 5.74) is 1.87. The van der Waals surface area contributed by atoms with Crippen LogP contribution in [0.15, 0.2) is 59.6 Å². The van der Waals surface area contributed by atoms with E-state index in [-0.39, 0.29) is 31.1 Å². The molecule has 0 aliphatic carbocycles. The van der Waals surface area contributed by atoms with Crippen molar-refractivity contribution in [2.75, 3.05) is 6.61 Å². The monoisotopic (exact) mass is 325 g/mol. The number of nitrogens with zero attached hydrogens (tertiary/aromatic N) is 1. The maximum atomic E-state index is 12.6. The number of esters is 1. The predicted molar refractivity (Wildman–Crippen MR) is 91.5 cm³/mol. The lowest BCUT2D eigenvalue weighted by Gasteiger charge is -2.07. The third-order valence-corrected chi connectivity index (χ3v) is 3.30. The van der Waals surface area contributed by atoms with E-state index in [1.165, 1.54) is 0 Å². The fraction of sp³-hybridized carbons (Fsp3) is 0.211. The van der Waals surface area contributed by atoms with Gasteiger partial charge < -0.3 is 9.84 Å². The molecule has 2 aromatic carbocycles. The van der Waals surface area contributed by atoms with Gasteiger partial charge in [0, 0.05) is 5.56 Å². The molecule has 0 radical (unpaired) electrons. The molecular weight excluding hydrogens is 306 g/mol. The number of aliphatic hydroxyl groups excluding tert-OH is 1. The Morgan fingerprint density at radius 1 is 1.04 bits per heavy atom. The van der Waals surface area contributed by atoms with E-state index < -0.39 is 5.97 Å². The van der Waals surface area contributed by atoms with Gasteiger partial charge in [0.25, 0.3) is 0 Å². The maximum Gasteiger partial charge on any atom is 0.312 e. The van der Waals surface area contributed by atoms with Gasteiger partial charge in [-0.3, -0.25) is 9.59 Å². The third-order valence-electron chi connectivity index (χ3n) is 3.30. The van der Waals surface area contributed by atoms with Crippen molar-refractivity contribution >= 4 is 23.2 Å². The van der Waals surface area contributed by atoms with Crippen molar-refractivity contribution in [1.82, 2.24) is 0 Å². The molecule has 0 bridgehead atoms. The summed E-state index contributed by atoms with van der Waals surface area (Å²) in [6.07, 6.45) is -0.191. The van der Waals surface area contributed by atoms with Gasteiger partial charge in [-0.05, 0) is 24.6 Å². The fourth-order valence-electron chi connectivity index (χ4n) is 2.11. The average Bonchev–Trinajstić information content (AvgIpc) is 2.62. The van der Waals surface area contributed by atoms with Crippen LogP contribution in [-0.4, -0.2) is 29.2 Å². The van der Waals surface area contributed by atoms with E-state index in [2.05, 4.69) is 4.99 Å². The molecular formula is C19H19NO4. The van der Waals surface area contributed by atoms with E-state index in [4.69, 9.17) is 9.84 Å². The quantitative estimate of drug-likeness (QED) is 0.482. The molecule has 0 saturated carbocycles. The molecule has 2 rings (SSSR count). The number of carbonyl (C=O) groups excluding carboxylic acids is 2. The molecule has 0 atom stereocenters. The Balaban J connectivity index is 2.32. The van der Waals surface area contributed by atoms with Crippen LogP contribution in [0, 0.1) is 0 Å². The topological polar surface area (TPSA) is 76.0 Å². The van der Waals surface area contributed by atoms with E-state index in [1.54, 1.807) is 55.5 Å². The number of rotatable bonds is 7. The smallest absolute Gasteiger partial charge is 0.312 e. The Kier molecular flexibility index (Phi) is 6.40. The zero-order valence-electron chi connectivity index (χ0n) is 13.4. The summed E-state index contributed by atoms with van der Waals surface area (Å²) in [6.45, 7) is 1.89. The van der Waals surface area contributed by atoms with Crippen molar-refractivity contribution in [1.29, 1.82) is 0 Å². The lowest BCUT2D eigenvalue weighted by molar-refractivity contribution is -0.141. The fourth-order valence-corrected chi connectivity index (χ4v) is 2.11. The molecule has 124 valence electrons. The first-order chi connectivity index (χ1) is 11.6. The highest BCUT2D eigenvalue weighted by atomic mass is 16.5. The molecule has 0 fully saturated rings. The summed E-state index contributed by atoms with van der Waals surface area (Å²) in [7, 11) is 0. The number of aliphatic imine (C=N–C) groups is 1. The van der Waals surface area contributed by atoms with E-state index in [1.807, 2.05) is 6.07 Å². The van der Waals surface area contributed by atoms with Crippen molar-refractivity contribution in [3.8, 4) is 0 Å². The highest BCUT2D eigenvalue weighted by Gasteiger charge is 2.18. The van der Waals surface area contributed by atoms with Crippen LogP contribution in [0.3, 0.4) is 0 Å². The molecule has 0 aliphatic rings. The number of ketones is 1. The largest absolute Gasteiger partial charge is 0.466 e. The van der Waals surface area contributed by atoms with E-state index >= 15 is 0 Å². The zero-order chi connectivity index (χ0) is 17.4. The molecule has 5 nitrogen and oxygen atoms in total. The Morgan fingerprint density at radius 3 is 2.29 bits per heavy atom. The van der Waals surface area contributed by atoms with Gasteiger partial charge in [-0.15, -0.1) is 0 Å². The van der Waals surface area contributed by atoms with Crippen molar-refractivity contribution in [2.45, 2.75) is 20.0 Å². The molecule has 0 aromatic heterocycles. The number of hydrogen-bond donors (Lipinski definition) is 1. The molecule has 0 amide bonds. The lowest BCUT2D eigenvalue weighted by Crippen LogP contribution is -2.20. The molecule has 24 heavy (non-hydrogen) atoms. The zero-order valence-corrected chi connectivity index (χ0v) is 13.4. The summed E-state index contributed by atoms with van der Waals surface area (Å²) in [4.78, 5) is 28.7. The molecule has 0 unspecified atom stereocenters. The van der Waals surface area contributed by atoms with Gasteiger partial charge in [0.2, 0.25) is 5.78 Å². The Hall–Kier alpha value is -2.79. The molecule has 0 aliphatic heterocycles. The number of Topliss-reactive ketones (excluding diaryl/α,β-unsaturated/α-hetero) is 1. The second kappa shape index (κ2) is 8.74. The molecule has 5 heteroatoms. The Labute approximate surface area is 140 Å². The third kappa shape index (κ3) is 4.86. The van der Waals surface area contributed by atoms with Crippen LogP contribution in [0.2, 0.25) is 0 Å². The molecule has 0 spiro atoms. The first kappa shape index (κ1) is 17.6. The van der Waals surface area contributed by atoms with Gasteiger partial charge in [0.1, 0.15) is 5.71 Å². The van der Waals surface area contributed by atoms with Gasteiger partial charge in [-0.1, -0.05) is 42.5 Å². The van der Waals surface area contributed by atoms with Gasteiger partial charge >= 0.3 is 5.97 Å². The second-order valence-electron chi connectivity index (χ2n) is 5.06. The van der Waals surface area contributed by atoms with Crippen LogP contribution in [0.1, 0.15) is 29.3 Å². The second-order valence-corrected chi connectivity index (χ2v) is 5.06. The van der Waals surface area contributed by atoms with Gasteiger partial charge in [-0.25, -0.2) is 4.99 Å². The van der Waals surface area contributed by atoms with E-state index in [0.717, 1.165) is 5.56 Å². The van der Waals surface area contributed by atoms with Crippen molar-refractivity contribution in [2.24, 2.45) is 4.99 Å². The van der Waals surface area contributed by atoms with Crippen LogP contribution < -0.4 is 0 Å². The minimum Gasteiger partial charge on any atom is -0.466 e. The van der Waals surface area contributed by atoms with Crippen LogP contribution in [-0.2, 0) is 16.1 Å². The highest BCUT2D eigenvalue weighted by molar-refractivity contribution is 6.48. The van der Waals surface area contributed by atoms with Gasteiger partial charge in [0.15, 0.2) is 0 Å². The highest BCUT2D eigenvalue weighted by Crippen LogP contribution is 2.16. The number of carbonyl (C=O) groups is 2. The van der Waals surface area contributed by atoms with Gasteiger partial charge in [0.05, 0.1) is 25.3 Å². The van der Waals surface area contributed by atoms with Gasteiger partial charge in [-0.2, -0.15) is 0 Å². The maximum absolute atomic E-state index is 12.6. The number of aliphatic hydroxyl groups is 1. The first-order valence-electron chi connectivity index (χ1n) is 7.66. The molecule has 1 N–H and O–H groups in total. The molecule has 0 saturated heterocycles. The summed E-state index contributed by atoms with van der Waals surface area (Å²) < 4.78 is 4.93. The van der Waals surface area contributed by atoms with Crippen molar-refractivity contribution in [3.63, 3.8) is 0 Å². The van der Waals surface area contributed by atoms with Crippen LogP contribution in [0.5, 0.6) is 0 Å².